The van der Waals surface area contributed by atoms with Crippen LogP contribution in [-0.4, -0.2) is 27.1 Å². The quantitative estimate of drug-likeness (QED) is 0.829. The monoisotopic (exact) mass is 249 g/mol. The summed E-state index contributed by atoms with van der Waals surface area (Å²) in [7, 11) is 1.75. The van der Waals surface area contributed by atoms with Crippen molar-refractivity contribution in [2.24, 2.45) is 0 Å². The zero-order valence-electron chi connectivity index (χ0n) is 10.7. The van der Waals surface area contributed by atoms with Gasteiger partial charge in [0.2, 0.25) is 6.79 Å². The Morgan fingerprint density at radius 2 is 2.17 bits per heavy atom. The lowest BCUT2D eigenvalue weighted by Crippen LogP contribution is -2.30. The van der Waals surface area contributed by atoms with Crippen molar-refractivity contribution in [3.8, 4) is 11.5 Å². The van der Waals surface area contributed by atoms with Gasteiger partial charge in [0.25, 0.3) is 0 Å². The first-order valence-electron chi connectivity index (χ1n) is 6.53. The van der Waals surface area contributed by atoms with E-state index < -0.39 is 0 Å². The number of methoxy groups -OCH3 is 1. The molecule has 0 radical (unpaired) electrons. The average Bonchev–Trinajstić information content (AvgIpc) is 2.84. The minimum absolute atomic E-state index is 0.347. The van der Waals surface area contributed by atoms with E-state index >= 15 is 0 Å². The molecule has 1 aromatic carbocycles. The first-order chi connectivity index (χ1) is 8.88. The molecule has 0 aliphatic carbocycles. The molecule has 4 heteroatoms. The van der Waals surface area contributed by atoms with Gasteiger partial charge >= 0.3 is 0 Å². The lowest BCUT2D eigenvalue weighted by atomic mass is 9.91. The number of fused-ring (bicyclic) bond motifs is 2. The van der Waals surface area contributed by atoms with Crippen molar-refractivity contribution < 1.29 is 14.2 Å². The maximum atomic E-state index is 5.46. The Hall–Kier alpha value is -1.26. The highest BCUT2D eigenvalue weighted by Gasteiger charge is 2.24. The molecule has 0 spiro atoms. The number of ether oxygens (including phenoxy) is 3. The van der Waals surface area contributed by atoms with E-state index in [9.17, 15) is 0 Å². The lowest BCUT2D eigenvalue weighted by molar-refractivity contribution is 0.174. The third-order valence-electron chi connectivity index (χ3n) is 3.64. The van der Waals surface area contributed by atoms with Gasteiger partial charge in [0.15, 0.2) is 11.5 Å². The Balaban J connectivity index is 1.81. The molecule has 1 N–H and O–H groups in total. The summed E-state index contributed by atoms with van der Waals surface area (Å²) < 4.78 is 16.0. The normalized spacial score (nSPS) is 20.8. The van der Waals surface area contributed by atoms with E-state index in [1.807, 2.05) is 0 Å². The van der Waals surface area contributed by atoms with Gasteiger partial charge in [-0.3, -0.25) is 0 Å². The lowest BCUT2D eigenvalue weighted by Gasteiger charge is -2.27. The van der Waals surface area contributed by atoms with Crippen LogP contribution < -0.4 is 14.8 Å². The molecule has 2 aliphatic heterocycles. The fraction of sp³-hybridized carbons (Fsp3) is 0.571. The average molecular weight is 249 g/mol. The van der Waals surface area contributed by atoms with Gasteiger partial charge in [-0.25, -0.2) is 0 Å². The second-order valence-electron chi connectivity index (χ2n) is 4.80. The summed E-state index contributed by atoms with van der Waals surface area (Å²) in [6.45, 7) is 2.20. The molecule has 18 heavy (non-hydrogen) atoms. The van der Waals surface area contributed by atoms with Crippen molar-refractivity contribution in [3.05, 3.63) is 23.3 Å². The van der Waals surface area contributed by atoms with Crippen LogP contribution in [-0.2, 0) is 11.2 Å². The van der Waals surface area contributed by atoms with E-state index in [-0.39, 0.29) is 0 Å². The maximum Gasteiger partial charge on any atom is 0.231 e. The molecule has 1 atom stereocenters. The van der Waals surface area contributed by atoms with Crippen molar-refractivity contribution in [2.45, 2.75) is 25.3 Å². The predicted octanol–water partition coefficient (Wildman–Crippen LogP) is 2.03. The standard InChI is InChI=1S/C14H19NO3/c1-16-6-2-3-12-11-8-14-13(17-9-18-14)7-10(11)4-5-15-12/h7-8,12,15H,2-6,9H2,1H3. The number of benzene rings is 1. The Labute approximate surface area is 107 Å². The Morgan fingerprint density at radius 3 is 3.00 bits per heavy atom. The zero-order chi connectivity index (χ0) is 12.4. The Bertz CT molecular complexity index is 433. The van der Waals surface area contributed by atoms with Crippen LogP contribution in [0.4, 0.5) is 0 Å². The second-order valence-corrected chi connectivity index (χ2v) is 4.80. The zero-order valence-corrected chi connectivity index (χ0v) is 10.7. The molecule has 0 amide bonds. The molecular formula is C14H19NO3. The summed E-state index contributed by atoms with van der Waals surface area (Å²) in [6.07, 6.45) is 3.23. The van der Waals surface area contributed by atoms with Gasteiger partial charge < -0.3 is 19.5 Å². The number of rotatable bonds is 4. The van der Waals surface area contributed by atoms with Crippen LogP contribution in [0.25, 0.3) is 0 Å². The van der Waals surface area contributed by atoms with E-state index in [4.69, 9.17) is 14.2 Å². The van der Waals surface area contributed by atoms with Crippen LogP contribution in [0.2, 0.25) is 0 Å². The SMILES string of the molecule is COCCCC1NCCc2cc3c(cc21)OCO3. The summed E-state index contributed by atoms with van der Waals surface area (Å²) in [4.78, 5) is 0. The maximum absolute atomic E-state index is 5.46. The smallest absolute Gasteiger partial charge is 0.231 e. The molecule has 98 valence electrons. The predicted molar refractivity (Wildman–Crippen MR) is 68.1 cm³/mol. The molecule has 4 nitrogen and oxygen atoms in total. The number of nitrogens with one attached hydrogen (secondary N) is 1. The van der Waals surface area contributed by atoms with Crippen molar-refractivity contribution in [1.29, 1.82) is 0 Å². The summed E-state index contributed by atoms with van der Waals surface area (Å²) in [5, 5.41) is 3.57. The van der Waals surface area contributed by atoms with Crippen molar-refractivity contribution in [1.82, 2.24) is 5.32 Å². The minimum Gasteiger partial charge on any atom is -0.454 e. The van der Waals surface area contributed by atoms with E-state index in [2.05, 4.69) is 17.4 Å². The summed E-state index contributed by atoms with van der Waals surface area (Å²) >= 11 is 0. The van der Waals surface area contributed by atoms with Crippen molar-refractivity contribution >= 4 is 0 Å². The van der Waals surface area contributed by atoms with Gasteiger partial charge in [-0.2, -0.15) is 0 Å². The van der Waals surface area contributed by atoms with Crippen LogP contribution >= 0.6 is 0 Å². The topological polar surface area (TPSA) is 39.7 Å². The molecule has 1 unspecified atom stereocenters. The summed E-state index contributed by atoms with van der Waals surface area (Å²) in [5.74, 6) is 1.78. The van der Waals surface area contributed by atoms with Crippen molar-refractivity contribution in [2.75, 3.05) is 27.1 Å². The highest BCUT2D eigenvalue weighted by molar-refractivity contribution is 5.50. The van der Waals surface area contributed by atoms with Gasteiger partial charge in [0, 0.05) is 19.8 Å². The van der Waals surface area contributed by atoms with E-state index in [0.29, 0.717) is 12.8 Å². The van der Waals surface area contributed by atoms with Gasteiger partial charge in [0.05, 0.1) is 0 Å². The van der Waals surface area contributed by atoms with Crippen LogP contribution in [0.3, 0.4) is 0 Å². The molecule has 1 aromatic rings. The first kappa shape index (κ1) is 11.8. The van der Waals surface area contributed by atoms with Crippen LogP contribution in [0, 0.1) is 0 Å². The fourth-order valence-corrected chi connectivity index (χ4v) is 2.72. The number of hydrogen-bond donors (Lipinski definition) is 1. The minimum atomic E-state index is 0.347. The van der Waals surface area contributed by atoms with Crippen LogP contribution in [0.15, 0.2) is 12.1 Å². The molecule has 2 aliphatic rings. The van der Waals surface area contributed by atoms with Crippen molar-refractivity contribution in [3.63, 3.8) is 0 Å². The Kier molecular flexibility index (Phi) is 3.39. The van der Waals surface area contributed by atoms with Gasteiger partial charge in [-0.05, 0) is 49.1 Å². The molecular weight excluding hydrogens is 230 g/mol. The third kappa shape index (κ3) is 2.18. The van der Waals surface area contributed by atoms with Gasteiger partial charge in [-0.15, -0.1) is 0 Å². The Morgan fingerprint density at radius 1 is 1.33 bits per heavy atom. The molecule has 0 saturated carbocycles. The van der Waals surface area contributed by atoms with Crippen LogP contribution in [0.5, 0.6) is 11.5 Å². The number of hydrogen-bond acceptors (Lipinski definition) is 4. The third-order valence-corrected chi connectivity index (χ3v) is 3.64. The van der Waals surface area contributed by atoms with E-state index in [1.165, 1.54) is 11.1 Å². The molecule has 0 saturated heterocycles. The summed E-state index contributed by atoms with van der Waals surface area (Å²) in [5.41, 5.74) is 2.75. The molecule has 0 fully saturated rings. The fourth-order valence-electron chi connectivity index (χ4n) is 2.72. The summed E-state index contributed by atoms with van der Waals surface area (Å²) in [6, 6.07) is 4.70. The van der Waals surface area contributed by atoms with Crippen LogP contribution in [0.1, 0.15) is 30.0 Å². The van der Waals surface area contributed by atoms with Gasteiger partial charge in [0.1, 0.15) is 0 Å². The highest BCUT2D eigenvalue weighted by Crippen LogP contribution is 2.39. The largest absolute Gasteiger partial charge is 0.454 e. The highest BCUT2D eigenvalue weighted by atomic mass is 16.7. The molecule has 2 heterocycles. The molecule has 3 rings (SSSR count). The van der Waals surface area contributed by atoms with Gasteiger partial charge in [-0.1, -0.05) is 0 Å². The van der Waals surface area contributed by atoms with E-state index in [0.717, 1.165) is 43.9 Å². The molecule has 0 aromatic heterocycles. The molecule has 0 bridgehead atoms. The first-order valence-corrected chi connectivity index (χ1v) is 6.53. The second kappa shape index (κ2) is 5.16. The van der Waals surface area contributed by atoms with E-state index in [1.54, 1.807) is 7.11 Å².